The van der Waals surface area contributed by atoms with Gasteiger partial charge in [-0.15, -0.1) is 11.3 Å². The van der Waals surface area contributed by atoms with Gasteiger partial charge in [0.05, 0.1) is 16.5 Å². The van der Waals surface area contributed by atoms with Crippen molar-refractivity contribution in [3.05, 3.63) is 44.5 Å². The molecule has 0 saturated heterocycles. The third-order valence-electron chi connectivity index (χ3n) is 4.93. The molecule has 2 aromatic heterocycles. The Morgan fingerprint density at radius 2 is 2.00 bits per heavy atom. The van der Waals surface area contributed by atoms with Crippen molar-refractivity contribution in [2.45, 2.75) is 51.5 Å². The molecule has 4 nitrogen and oxygen atoms in total. The van der Waals surface area contributed by atoms with Crippen LogP contribution in [-0.2, 0) is 17.6 Å². The van der Waals surface area contributed by atoms with Gasteiger partial charge >= 0.3 is 0 Å². The van der Waals surface area contributed by atoms with Gasteiger partial charge in [-0.2, -0.15) is 0 Å². The Balaban J connectivity index is 1.56. The van der Waals surface area contributed by atoms with Crippen LogP contribution >= 0.6 is 34.7 Å². The summed E-state index contributed by atoms with van der Waals surface area (Å²) in [5, 5.41) is 5.61. The van der Waals surface area contributed by atoms with Gasteiger partial charge in [-0.05, 0) is 69.2 Å². The number of carbonyl (C=O) groups excluding carboxylic acids is 1. The number of carbonyl (C=O) groups is 1. The van der Waals surface area contributed by atoms with Gasteiger partial charge in [0.15, 0.2) is 0 Å². The van der Waals surface area contributed by atoms with Crippen LogP contribution in [-0.4, -0.2) is 21.6 Å². The van der Waals surface area contributed by atoms with E-state index in [1.807, 2.05) is 32.9 Å². The van der Waals surface area contributed by atoms with Crippen molar-refractivity contribution in [2.24, 2.45) is 0 Å². The molecule has 146 valence electrons. The van der Waals surface area contributed by atoms with Crippen LogP contribution in [0.2, 0.25) is 5.02 Å². The van der Waals surface area contributed by atoms with Crippen molar-refractivity contribution < 1.29 is 4.79 Å². The normalized spacial score (nSPS) is 13.6. The number of fused-ring (bicyclic) bond motifs is 3. The molecule has 0 spiro atoms. The van der Waals surface area contributed by atoms with Crippen molar-refractivity contribution in [3.63, 3.8) is 0 Å². The molecule has 0 saturated carbocycles. The van der Waals surface area contributed by atoms with E-state index in [1.54, 1.807) is 11.3 Å². The zero-order valence-electron chi connectivity index (χ0n) is 16.2. The number of hydrogen-bond donors (Lipinski definition) is 1. The minimum Gasteiger partial charge on any atom is -0.324 e. The molecule has 1 amide bonds. The average molecular weight is 432 g/mol. The number of aryl methyl sites for hydroxylation is 5. The van der Waals surface area contributed by atoms with Crippen molar-refractivity contribution >= 4 is 56.5 Å². The monoisotopic (exact) mass is 431 g/mol. The van der Waals surface area contributed by atoms with Crippen molar-refractivity contribution in [3.8, 4) is 0 Å². The SMILES string of the molecule is Cc1cc(C)c(NC(=O)CSc2nc(C)nc3sc4c(c23)CCCC4)c(Cl)c1. The number of hydrogen-bond acceptors (Lipinski definition) is 5. The highest BCUT2D eigenvalue weighted by atomic mass is 35.5. The fraction of sp³-hybridized carbons (Fsp3) is 0.381. The molecule has 2 heterocycles. The first-order chi connectivity index (χ1) is 13.4. The third kappa shape index (κ3) is 3.91. The van der Waals surface area contributed by atoms with Gasteiger partial charge in [0.2, 0.25) is 5.91 Å². The maximum atomic E-state index is 12.6. The van der Waals surface area contributed by atoms with Crippen molar-refractivity contribution in [1.29, 1.82) is 0 Å². The van der Waals surface area contributed by atoms with Crippen molar-refractivity contribution in [2.75, 3.05) is 11.1 Å². The van der Waals surface area contributed by atoms with E-state index >= 15 is 0 Å². The van der Waals surface area contributed by atoms with E-state index in [0.717, 1.165) is 45.0 Å². The molecule has 1 N–H and O–H groups in total. The van der Waals surface area contributed by atoms with Crippen LogP contribution in [0.3, 0.4) is 0 Å². The molecule has 0 radical (unpaired) electrons. The lowest BCUT2D eigenvalue weighted by Crippen LogP contribution is -2.15. The standard InChI is InChI=1S/C21H22ClN3OS2/c1-11-8-12(2)19(15(22)9-11)25-17(26)10-27-20-18-14-6-4-5-7-16(14)28-21(18)24-13(3)23-20/h8-9H,4-7,10H2,1-3H3,(H,25,26). The number of aromatic nitrogens is 2. The quantitative estimate of drug-likeness (QED) is 0.414. The van der Waals surface area contributed by atoms with Crippen LogP contribution in [0, 0.1) is 20.8 Å². The predicted octanol–water partition coefficient (Wildman–Crippen LogP) is 5.88. The number of rotatable bonds is 4. The summed E-state index contributed by atoms with van der Waals surface area (Å²) in [6.45, 7) is 5.86. The van der Waals surface area contributed by atoms with Gasteiger partial charge in [-0.3, -0.25) is 4.79 Å². The van der Waals surface area contributed by atoms with Gasteiger partial charge in [0, 0.05) is 10.3 Å². The summed E-state index contributed by atoms with van der Waals surface area (Å²) in [5.74, 6) is 0.971. The summed E-state index contributed by atoms with van der Waals surface area (Å²) in [4.78, 5) is 24.4. The molecule has 7 heteroatoms. The number of thioether (sulfide) groups is 1. The number of nitrogens with one attached hydrogen (secondary N) is 1. The van der Waals surface area contributed by atoms with Crippen LogP contribution in [0.25, 0.3) is 10.2 Å². The molecule has 0 bridgehead atoms. The number of halogens is 1. The Morgan fingerprint density at radius 3 is 2.79 bits per heavy atom. The van der Waals surface area contributed by atoms with E-state index in [4.69, 9.17) is 11.6 Å². The lowest BCUT2D eigenvalue weighted by Gasteiger charge is -2.13. The smallest absolute Gasteiger partial charge is 0.234 e. The van der Waals surface area contributed by atoms with Crippen LogP contribution in [0.4, 0.5) is 5.69 Å². The van der Waals surface area contributed by atoms with Crippen LogP contribution in [0.1, 0.15) is 40.2 Å². The second-order valence-corrected chi connectivity index (χ2v) is 9.70. The van der Waals surface area contributed by atoms with Gasteiger partial charge in [-0.1, -0.05) is 29.4 Å². The summed E-state index contributed by atoms with van der Waals surface area (Å²) in [7, 11) is 0. The molecule has 1 aliphatic rings. The second kappa shape index (κ2) is 8.01. The largest absolute Gasteiger partial charge is 0.324 e. The number of thiophene rings is 1. The van der Waals surface area contributed by atoms with E-state index < -0.39 is 0 Å². The fourth-order valence-corrected chi connectivity index (χ4v) is 6.35. The Hall–Kier alpha value is -1.63. The number of amides is 1. The molecule has 4 rings (SSSR count). The topological polar surface area (TPSA) is 54.9 Å². The van der Waals surface area contributed by atoms with E-state index in [2.05, 4.69) is 15.3 Å². The second-order valence-electron chi connectivity index (χ2n) is 7.24. The summed E-state index contributed by atoms with van der Waals surface area (Å²) in [6, 6.07) is 3.88. The summed E-state index contributed by atoms with van der Waals surface area (Å²) in [6.07, 6.45) is 4.67. The minimum absolute atomic E-state index is 0.0765. The van der Waals surface area contributed by atoms with Gasteiger partial charge in [0.25, 0.3) is 0 Å². The highest BCUT2D eigenvalue weighted by molar-refractivity contribution is 8.00. The van der Waals surface area contributed by atoms with Crippen LogP contribution in [0.15, 0.2) is 17.2 Å². The number of nitrogens with zero attached hydrogens (tertiary/aromatic N) is 2. The van der Waals surface area contributed by atoms with Crippen LogP contribution in [0.5, 0.6) is 0 Å². The van der Waals surface area contributed by atoms with E-state index in [0.29, 0.717) is 16.5 Å². The average Bonchev–Trinajstić information content (AvgIpc) is 3.00. The Morgan fingerprint density at radius 1 is 1.21 bits per heavy atom. The zero-order valence-corrected chi connectivity index (χ0v) is 18.6. The molecule has 0 aliphatic heterocycles. The zero-order chi connectivity index (χ0) is 19.8. The first-order valence-electron chi connectivity index (χ1n) is 9.40. The Bertz CT molecular complexity index is 1050. The summed E-state index contributed by atoms with van der Waals surface area (Å²) >= 11 is 9.59. The third-order valence-corrected chi connectivity index (χ3v) is 7.39. The summed E-state index contributed by atoms with van der Waals surface area (Å²) in [5.41, 5.74) is 4.13. The first-order valence-corrected chi connectivity index (χ1v) is 11.6. The van der Waals surface area contributed by atoms with Gasteiger partial charge < -0.3 is 5.32 Å². The number of anilines is 1. The lowest BCUT2D eigenvalue weighted by molar-refractivity contribution is -0.113. The maximum absolute atomic E-state index is 12.6. The molecule has 28 heavy (non-hydrogen) atoms. The fourth-order valence-electron chi connectivity index (χ4n) is 3.71. The van der Waals surface area contributed by atoms with Crippen molar-refractivity contribution in [1.82, 2.24) is 9.97 Å². The molecule has 0 fully saturated rings. The minimum atomic E-state index is -0.0765. The molecule has 0 atom stereocenters. The van der Waals surface area contributed by atoms with E-state index in [1.165, 1.54) is 35.0 Å². The molecule has 1 aromatic carbocycles. The molecular weight excluding hydrogens is 410 g/mol. The molecule has 3 aromatic rings. The number of benzene rings is 1. The Kier molecular flexibility index (Phi) is 5.63. The first kappa shape index (κ1) is 19.7. The highest BCUT2D eigenvalue weighted by Crippen LogP contribution is 2.39. The van der Waals surface area contributed by atoms with Gasteiger partial charge in [-0.25, -0.2) is 9.97 Å². The van der Waals surface area contributed by atoms with E-state index in [-0.39, 0.29) is 5.91 Å². The lowest BCUT2D eigenvalue weighted by atomic mass is 9.97. The Labute approximate surface area is 178 Å². The van der Waals surface area contributed by atoms with Gasteiger partial charge in [0.1, 0.15) is 15.7 Å². The maximum Gasteiger partial charge on any atom is 0.234 e. The molecule has 0 unspecified atom stereocenters. The molecular formula is C21H22ClN3OS2. The highest BCUT2D eigenvalue weighted by Gasteiger charge is 2.21. The predicted molar refractivity (Wildman–Crippen MR) is 119 cm³/mol. The van der Waals surface area contributed by atoms with Crippen LogP contribution < -0.4 is 5.32 Å². The summed E-state index contributed by atoms with van der Waals surface area (Å²) < 4.78 is 0. The van der Waals surface area contributed by atoms with E-state index in [9.17, 15) is 4.79 Å². The molecule has 1 aliphatic carbocycles.